The fourth-order valence-electron chi connectivity index (χ4n) is 2.72. The van der Waals surface area contributed by atoms with Crippen molar-refractivity contribution in [3.8, 4) is 11.5 Å². The third-order valence-corrected chi connectivity index (χ3v) is 3.97. The number of fused-ring (bicyclic) bond motifs is 1. The zero-order valence-electron chi connectivity index (χ0n) is 14.5. The molecule has 0 N–H and O–H groups in total. The van der Waals surface area contributed by atoms with Gasteiger partial charge in [0, 0.05) is 13.5 Å². The van der Waals surface area contributed by atoms with Crippen LogP contribution >= 0.6 is 0 Å². The molecule has 23 heavy (non-hydrogen) atoms. The number of rotatable bonds is 7. The molecule has 1 aromatic heterocycles. The Bertz CT molecular complexity index is 738. The molecule has 0 aliphatic carbocycles. The molecule has 1 heterocycles. The molecule has 6 heteroatoms. The van der Waals surface area contributed by atoms with Crippen molar-refractivity contribution in [2.24, 2.45) is 7.05 Å². The van der Waals surface area contributed by atoms with Crippen LogP contribution < -0.4 is 15.0 Å². The standard InChI is InChI=1S/C17H25N3O3/c1-19(2)11-7-6-8-14-18-17(21)15-12(20(14)3)9-10-13(22-4)16(15)23-5/h9-10H,6-8,11H2,1-5H3. The summed E-state index contributed by atoms with van der Waals surface area (Å²) in [7, 11) is 9.14. The molecular weight excluding hydrogens is 294 g/mol. The molecule has 0 saturated heterocycles. The van der Waals surface area contributed by atoms with E-state index in [9.17, 15) is 4.79 Å². The second-order valence-corrected chi connectivity index (χ2v) is 5.85. The van der Waals surface area contributed by atoms with Gasteiger partial charge >= 0.3 is 0 Å². The van der Waals surface area contributed by atoms with E-state index < -0.39 is 0 Å². The molecule has 0 atom stereocenters. The fraction of sp³-hybridized carbons (Fsp3) is 0.529. The van der Waals surface area contributed by atoms with Gasteiger partial charge in [-0.15, -0.1) is 0 Å². The van der Waals surface area contributed by atoms with Crippen molar-refractivity contribution in [1.29, 1.82) is 0 Å². The molecule has 6 nitrogen and oxygen atoms in total. The number of hydrogen-bond acceptors (Lipinski definition) is 5. The number of aromatic nitrogens is 2. The van der Waals surface area contributed by atoms with Crippen molar-refractivity contribution < 1.29 is 9.47 Å². The molecular formula is C17H25N3O3. The fourth-order valence-corrected chi connectivity index (χ4v) is 2.72. The highest BCUT2D eigenvalue weighted by Crippen LogP contribution is 2.33. The quantitative estimate of drug-likeness (QED) is 0.729. The van der Waals surface area contributed by atoms with Crippen LogP contribution in [0.2, 0.25) is 0 Å². The maximum absolute atomic E-state index is 12.5. The van der Waals surface area contributed by atoms with Crippen molar-refractivity contribution in [2.75, 3.05) is 34.9 Å². The van der Waals surface area contributed by atoms with Gasteiger partial charge in [0.25, 0.3) is 5.56 Å². The van der Waals surface area contributed by atoms with E-state index >= 15 is 0 Å². The zero-order chi connectivity index (χ0) is 17.0. The molecule has 0 bridgehead atoms. The van der Waals surface area contributed by atoms with Gasteiger partial charge in [0.15, 0.2) is 11.5 Å². The van der Waals surface area contributed by atoms with Crippen LogP contribution in [0.25, 0.3) is 10.9 Å². The summed E-state index contributed by atoms with van der Waals surface area (Å²) in [6.45, 7) is 1.03. The van der Waals surface area contributed by atoms with Crippen molar-refractivity contribution in [1.82, 2.24) is 14.5 Å². The molecule has 0 aliphatic heterocycles. The lowest BCUT2D eigenvalue weighted by Crippen LogP contribution is -2.19. The van der Waals surface area contributed by atoms with Crippen LogP contribution in [0, 0.1) is 0 Å². The number of nitrogens with zero attached hydrogens (tertiary/aromatic N) is 3. The molecule has 0 unspecified atom stereocenters. The first-order chi connectivity index (χ1) is 11.0. The van der Waals surface area contributed by atoms with E-state index in [-0.39, 0.29) is 5.56 Å². The van der Waals surface area contributed by atoms with Crippen LogP contribution in [0.15, 0.2) is 16.9 Å². The summed E-state index contributed by atoms with van der Waals surface area (Å²) in [5, 5.41) is 0.464. The van der Waals surface area contributed by atoms with Crippen LogP contribution in [-0.2, 0) is 13.5 Å². The first kappa shape index (κ1) is 17.3. The third-order valence-electron chi connectivity index (χ3n) is 3.97. The Morgan fingerprint density at radius 1 is 1.17 bits per heavy atom. The number of ether oxygens (including phenoxy) is 2. The van der Waals surface area contributed by atoms with Crippen LogP contribution in [0.3, 0.4) is 0 Å². The zero-order valence-corrected chi connectivity index (χ0v) is 14.5. The van der Waals surface area contributed by atoms with Gasteiger partial charge in [0.2, 0.25) is 0 Å². The summed E-state index contributed by atoms with van der Waals surface area (Å²) in [5.74, 6) is 1.78. The number of hydrogen-bond donors (Lipinski definition) is 0. The topological polar surface area (TPSA) is 56.6 Å². The minimum Gasteiger partial charge on any atom is -0.493 e. The van der Waals surface area contributed by atoms with E-state index in [1.165, 1.54) is 7.11 Å². The molecule has 2 rings (SSSR count). The molecule has 0 amide bonds. The molecule has 126 valence electrons. The number of benzene rings is 1. The first-order valence-electron chi connectivity index (χ1n) is 7.75. The smallest absolute Gasteiger partial charge is 0.284 e. The first-order valence-corrected chi connectivity index (χ1v) is 7.75. The predicted octanol–water partition coefficient (Wildman–Crippen LogP) is 1.83. The largest absolute Gasteiger partial charge is 0.493 e. The lowest BCUT2D eigenvalue weighted by molar-refractivity contribution is 0.358. The highest BCUT2D eigenvalue weighted by Gasteiger charge is 2.16. The molecule has 1 aromatic carbocycles. The summed E-state index contributed by atoms with van der Waals surface area (Å²) in [5.41, 5.74) is 0.543. The number of aryl methyl sites for hydroxylation is 2. The van der Waals surface area contributed by atoms with Gasteiger partial charge in [0.05, 0.1) is 19.7 Å². The SMILES string of the molecule is COc1ccc2c(c1OC)c(=O)nc(CCCCN(C)C)n2C. The van der Waals surface area contributed by atoms with Gasteiger partial charge in [-0.1, -0.05) is 0 Å². The van der Waals surface area contributed by atoms with Gasteiger partial charge in [0.1, 0.15) is 11.2 Å². The summed E-state index contributed by atoms with van der Waals surface area (Å²) < 4.78 is 12.6. The lowest BCUT2D eigenvalue weighted by atomic mass is 10.1. The predicted molar refractivity (Wildman–Crippen MR) is 91.6 cm³/mol. The van der Waals surface area contributed by atoms with Crippen LogP contribution in [-0.4, -0.2) is 49.3 Å². The normalized spacial score (nSPS) is 11.2. The third kappa shape index (κ3) is 3.64. The number of methoxy groups -OCH3 is 2. The van der Waals surface area contributed by atoms with Crippen LogP contribution in [0.5, 0.6) is 11.5 Å². The Kier molecular flexibility index (Phi) is 5.60. The summed E-state index contributed by atoms with van der Waals surface area (Å²) in [6.07, 6.45) is 2.86. The highest BCUT2D eigenvalue weighted by molar-refractivity contribution is 5.87. The highest BCUT2D eigenvalue weighted by atomic mass is 16.5. The Labute approximate surface area is 136 Å². The second kappa shape index (κ2) is 7.46. The lowest BCUT2D eigenvalue weighted by Gasteiger charge is -2.15. The molecule has 0 saturated carbocycles. The maximum atomic E-state index is 12.5. The average molecular weight is 319 g/mol. The Morgan fingerprint density at radius 2 is 1.91 bits per heavy atom. The molecule has 0 aliphatic rings. The van der Waals surface area contributed by atoms with Crippen molar-refractivity contribution in [3.05, 3.63) is 28.3 Å². The van der Waals surface area contributed by atoms with E-state index in [0.29, 0.717) is 16.9 Å². The summed E-state index contributed by atoms with van der Waals surface area (Å²) >= 11 is 0. The van der Waals surface area contributed by atoms with E-state index in [4.69, 9.17) is 9.47 Å². The van der Waals surface area contributed by atoms with Crippen molar-refractivity contribution in [3.63, 3.8) is 0 Å². The summed E-state index contributed by atoms with van der Waals surface area (Å²) in [4.78, 5) is 18.9. The maximum Gasteiger partial charge on any atom is 0.284 e. The van der Waals surface area contributed by atoms with Gasteiger partial charge in [-0.05, 0) is 45.6 Å². The van der Waals surface area contributed by atoms with Crippen LogP contribution in [0.4, 0.5) is 0 Å². The average Bonchev–Trinajstić information content (AvgIpc) is 2.54. The minimum absolute atomic E-state index is 0.267. The van der Waals surface area contributed by atoms with Crippen molar-refractivity contribution in [2.45, 2.75) is 19.3 Å². The Balaban J connectivity index is 2.40. The number of unbranched alkanes of at least 4 members (excludes halogenated alkanes) is 1. The molecule has 2 aromatic rings. The monoisotopic (exact) mass is 319 g/mol. The second-order valence-electron chi connectivity index (χ2n) is 5.85. The van der Waals surface area contributed by atoms with Gasteiger partial charge in [-0.3, -0.25) is 4.79 Å². The minimum atomic E-state index is -0.267. The Hall–Kier alpha value is -2.08. The van der Waals surface area contributed by atoms with Gasteiger partial charge < -0.3 is 18.9 Å². The van der Waals surface area contributed by atoms with E-state index in [0.717, 1.165) is 37.1 Å². The Morgan fingerprint density at radius 3 is 2.52 bits per heavy atom. The molecule has 0 spiro atoms. The summed E-state index contributed by atoms with van der Waals surface area (Å²) in [6, 6.07) is 3.69. The van der Waals surface area contributed by atoms with Crippen molar-refractivity contribution >= 4 is 10.9 Å². The van der Waals surface area contributed by atoms with E-state index in [1.807, 2.05) is 23.7 Å². The van der Waals surface area contributed by atoms with Gasteiger partial charge in [-0.25, -0.2) is 0 Å². The van der Waals surface area contributed by atoms with Crippen LogP contribution in [0.1, 0.15) is 18.7 Å². The molecule has 0 radical (unpaired) electrons. The van der Waals surface area contributed by atoms with Gasteiger partial charge in [-0.2, -0.15) is 4.98 Å². The molecule has 0 fully saturated rings. The van der Waals surface area contributed by atoms with E-state index in [2.05, 4.69) is 24.0 Å². The van der Waals surface area contributed by atoms with E-state index in [1.54, 1.807) is 7.11 Å².